The molecule has 3 rings (SSSR count). The van der Waals surface area contributed by atoms with Crippen LogP contribution in [0.15, 0.2) is 48.5 Å². The van der Waals surface area contributed by atoms with Gasteiger partial charge in [0.05, 0.1) is 17.5 Å². The van der Waals surface area contributed by atoms with Crippen LogP contribution in [-0.4, -0.2) is 34.4 Å². The summed E-state index contributed by atoms with van der Waals surface area (Å²) in [5.74, 6) is 0.950. The number of carbonyl (C=O) groups is 2. The van der Waals surface area contributed by atoms with Crippen LogP contribution in [0.5, 0.6) is 0 Å². The van der Waals surface area contributed by atoms with Crippen LogP contribution in [0, 0.1) is 18.3 Å². The van der Waals surface area contributed by atoms with Crippen molar-refractivity contribution in [2.24, 2.45) is 0 Å². The van der Waals surface area contributed by atoms with Gasteiger partial charge in [0.15, 0.2) is 0 Å². The van der Waals surface area contributed by atoms with Gasteiger partial charge in [0.25, 0.3) is 0 Å². The summed E-state index contributed by atoms with van der Waals surface area (Å²) in [5, 5.41) is 11.7. The number of thioether (sulfide) groups is 1. The van der Waals surface area contributed by atoms with Crippen molar-refractivity contribution in [3.05, 3.63) is 65.2 Å². The molecule has 0 aromatic heterocycles. The van der Waals surface area contributed by atoms with E-state index in [0.29, 0.717) is 35.7 Å². The molecule has 0 radical (unpaired) electrons. The number of anilines is 1. The second-order valence-electron chi connectivity index (χ2n) is 6.55. The average Bonchev–Trinajstić information content (AvgIpc) is 3.17. The van der Waals surface area contributed by atoms with E-state index in [1.807, 2.05) is 31.2 Å². The fourth-order valence-electron chi connectivity index (χ4n) is 3.02. The van der Waals surface area contributed by atoms with Crippen LogP contribution in [0.1, 0.15) is 23.1 Å². The molecule has 0 spiro atoms. The molecular weight excluding hydrogens is 358 g/mol. The predicted octanol–water partition coefficient (Wildman–Crippen LogP) is 3.34. The third-order valence-corrected chi connectivity index (χ3v) is 5.51. The highest BCUT2D eigenvalue weighted by atomic mass is 32.2. The molecule has 1 aliphatic rings. The molecule has 1 atom stereocenters. The quantitative estimate of drug-likeness (QED) is 0.865. The molecule has 2 aromatic rings. The minimum Gasteiger partial charge on any atom is -0.324 e. The summed E-state index contributed by atoms with van der Waals surface area (Å²) >= 11 is 1.59. The predicted molar refractivity (Wildman–Crippen MR) is 107 cm³/mol. The van der Waals surface area contributed by atoms with Gasteiger partial charge < -0.3 is 10.2 Å². The highest BCUT2D eigenvalue weighted by Gasteiger charge is 2.34. The normalized spacial score (nSPS) is 16.0. The van der Waals surface area contributed by atoms with E-state index in [9.17, 15) is 9.59 Å². The van der Waals surface area contributed by atoms with Crippen LogP contribution in [0.2, 0.25) is 0 Å². The van der Waals surface area contributed by atoms with Gasteiger partial charge in [-0.05, 0) is 43.2 Å². The fraction of sp³-hybridized carbons (Fsp3) is 0.286. The zero-order chi connectivity index (χ0) is 19.2. The summed E-state index contributed by atoms with van der Waals surface area (Å²) in [4.78, 5) is 26.9. The molecule has 2 amide bonds. The highest BCUT2D eigenvalue weighted by Crippen LogP contribution is 2.24. The van der Waals surface area contributed by atoms with E-state index in [0.717, 1.165) is 5.56 Å². The summed E-state index contributed by atoms with van der Waals surface area (Å²) in [7, 11) is 0. The van der Waals surface area contributed by atoms with E-state index < -0.39 is 6.04 Å². The first kappa shape index (κ1) is 19.0. The van der Waals surface area contributed by atoms with Crippen LogP contribution < -0.4 is 5.32 Å². The zero-order valence-corrected chi connectivity index (χ0v) is 16.0. The molecule has 1 aliphatic heterocycles. The smallest absolute Gasteiger partial charge is 0.248 e. The van der Waals surface area contributed by atoms with Gasteiger partial charge in [0, 0.05) is 17.9 Å². The van der Waals surface area contributed by atoms with E-state index >= 15 is 0 Å². The first-order chi connectivity index (χ1) is 13.1. The van der Waals surface area contributed by atoms with E-state index in [2.05, 4.69) is 11.4 Å². The Hall–Kier alpha value is -2.78. The SMILES string of the molecule is Cc1cccc(CCC(=O)N2CSCC2C(=O)Nc2ccc(C#N)cc2)c1. The number of carbonyl (C=O) groups excluding carboxylic acids is 2. The van der Waals surface area contributed by atoms with Crippen LogP contribution in [-0.2, 0) is 16.0 Å². The molecule has 1 saturated heterocycles. The number of rotatable bonds is 5. The summed E-state index contributed by atoms with van der Waals surface area (Å²) in [6.45, 7) is 2.03. The lowest BCUT2D eigenvalue weighted by molar-refractivity contribution is -0.136. The maximum atomic E-state index is 12.7. The first-order valence-electron chi connectivity index (χ1n) is 8.80. The fourth-order valence-corrected chi connectivity index (χ4v) is 4.20. The Balaban J connectivity index is 1.59. The van der Waals surface area contributed by atoms with Crippen LogP contribution in [0.25, 0.3) is 0 Å². The van der Waals surface area contributed by atoms with E-state index in [4.69, 9.17) is 5.26 Å². The number of nitrogens with zero attached hydrogens (tertiary/aromatic N) is 2. The minimum atomic E-state index is -0.462. The molecule has 1 N–H and O–H groups in total. The van der Waals surface area contributed by atoms with Crippen molar-refractivity contribution >= 4 is 29.3 Å². The largest absolute Gasteiger partial charge is 0.324 e. The number of aryl methyl sites for hydroxylation is 2. The molecule has 2 aromatic carbocycles. The molecule has 0 saturated carbocycles. The number of benzene rings is 2. The zero-order valence-electron chi connectivity index (χ0n) is 15.1. The van der Waals surface area contributed by atoms with Gasteiger partial charge in [-0.2, -0.15) is 5.26 Å². The van der Waals surface area contributed by atoms with E-state index in [-0.39, 0.29) is 11.8 Å². The first-order valence-corrected chi connectivity index (χ1v) is 9.96. The van der Waals surface area contributed by atoms with Crippen molar-refractivity contribution < 1.29 is 9.59 Å². The summed E-state index contributed by atoms with van der Waals surface area (Å²) in [6, 6.07) is 16.4. The Labute approximate surface area is 163 Å². The Kier molecular flexibility index (Phi) is 6.15. The third kappa shape index (κ3) is 4.89. The topological polar surface area (TPSA) is 73.2 Å². The molecule has 138 valence electrons. The number of nitrogens with one attached hydrogen (secondary N) is 1. The van der Waals surface area contributed by atoms with Gasteiger partial charge in [-0.3, -0.25) is 9.59 Å². The average molecular weight is 379 g/mol. The van der Waals surface area contributed by atoms with Crippen LogP contribution in [0.3, 0.4) is 0 Å². The van der Waals surface area contributed by atoms with Crippen molar-refractivity contribution in [2.45, 2.75) is 25.8 Å². The van der Waals surface area contributed by atoms with Crippen LogP contribution >= 0.6 is 11.8 Å². The Morgan fingerprint density at radius 1 is 1.26 bits per heavy atom. The minimum absolute atomic E-state index is 0.00137. The van der Waals surface area contributed by atoms with Crippen LogP contribution in [0.4, 0.5) is 5.69 Å². The van der Waals surface area contributed by atoms with Crippen molar-refractivity contribution in [1.29, 1.82) is 5.26 Å². The maximum absolute atomic E-state index is 12.7. The maximum Gasteiger partial charge on any atom is 0.248 e. The molecular formula is C21H21N3O2S. The van der Waals surface area contributed by atoms with E-state index in [1.165, 1.54) is 5.56 Å². The number of hydrogen-bond donors (Lipinski definition) is 1. The van der Waals surface area contributed by atoms with Gasteiger partial charge in [-0.1, -0.05) is 29.8 Å². The summed E-state index contributed by atoms with van der Waals surface area (Å²) in [5.41, 5.74) is 3.48. The Morgan fingerprint density at radius 3 is 2.74 bits per heavy atom. The standard InChI is InChI=1S/C21H21N3O2S/c1-15-3-2-4-16(11-15)7-10-20(25)24-14-27-13-19(24)21(26)23-18-8-5-17(12-22)6-9-18/h2-6,8-9,11,19H,7,10,13-14H2,1H3,(H,23,26). The summed E-state index contributed by atoms with van der Waals surface area (Å²) in [6.07, 6.45) is 1.07. The van der Waals surface area contributed by atoms with Crippen molar-refractivity contribution in [1.82, 2.24) is 4.90 Å². The second-order valence-corrected chi connectivity index (χ2v) is 7.55. The van der Waals surface area contributed by atoms with Gasteiger partial charge in [0.2, 0.25) is 11.8 Å². The monoisotopic (exact) mass is 379 g/mol. The lowest BCUT2D eigenvalue weighted by Crippen LogP contribution is -2.44. The van der Waals surface area contributed by atoms with Gasteiger partial charge in [-0.25, -0.2) is 0 Å². The molecule has 27 heavy (non-hydrogen) atoms. The van der Waals surface area contributed by atoms with E-state index in [1.54, 1.807) is 40.9 Å². The van der Waals surface area contributed by atoms with Gasteiger partial charge in [0.1, 0.15) is 6.04 Å². The van der Waals surface area contributed by atoms with Crippen molar-refractivity contribution in [3.8, 4) is 6.07 Å². The molecule has 1 fully saturated rings. The van der Waals surface area contributed by atoms with Crippen molar-refractivity contribution in [3.63, 3.8) is 0 Å². The number of amides is 2. The Bertz CT molecular complexity index is 874. The Morgan fingerprint density at radius 2 is 2.04 bits per heavy atom. The van der Waals surface area contributed by atoms with Gasteiger partial charge >= 0.3 is 0 Å². The van der Waals surface area contributed by atoms with Crippen molar-refractivity contribution in [2.75, 3.05) is 16.9 Å². The molecule has 5 nitrogen and oxygen atoms in total. The molecule has 1 heterocycles. The highest BCUT2D eigenvalue weighted by molar-refractivity contribution is 7.99. The number of hydrogen-bond acceptors (Lipinski definition) is 4. The molecule has 6 heteroatoms. The molecule has 0 aliphatic carbocycles. The summed E-state index contributed by atoms with van der Waals surface area (Å²) < 4.78 is 0. The lowest BCUT2D eigenvalue weighted by Gasteiger charge is -2.23. The number of nitriles is 1. The lowest BCUT2D eigenvalue weighted by atomic mass is 10.1. The third-order valence-electron chi connectivity index (χ3n) is 4.50. The van der Waals surface area contributed by atoms with Gasteiger partial charge in [-0.15, -0.1) is 11.8 Å². The molecule has 0 bridgehead atoms. The second kappa shape index (κ2) is 8.74. The molecule has 1 unspecified atom stereocenters.